The monoisotopic (exact) mass is 432 g/mol. The zero-order chi connectivity index (χ0) is 20.6. The maximum atomic E-state index is 11.4. The lowest BCUT2D eigenvalue weighted by Crippen LogP contribution is -2.36. The molecule has 0 amide bonds. The summed E-state index contributed by atoms with van der Waals surface area (Å²) in [6.07, 6.45) is 0. The molecular formula is C20H21ClN4O3S. The number of carboxylic acids is 1. The number of halogens is 1. The minimum Gasteiger partial charge on any atom is -0.480 e. The van der Waals surface area contributed by atoms with E-state index in [2.05, 4.69) is 32.0 Å². The Morgan fingerprint density at radius 2 is 1.93 bits per heavy atom. The first-order valence-electron chi connectivity index (χ1n) is 9.25. The number of hydrogen-bond donors (Lipinski definition) is 2. The van der Waals surface area contributed by atoms with Gasteiger partial charge in [0, 0.05) is 24.3 Å². The van der Waals surface area contributed by atoms with E-state index in [1.54, 1.807) is 19.9 Å². The zero-order valence-electron chi connectivity index (χ0n) is 16.1. The number of carbonyl (C=O) groups is 1. The van der Waals surface area contributed by atoms with Crippen molar-refractivity contribution in [1.82, 2.24) is 15.0 Å². The van der Waals surface area contributed by atoms with Crippen LogP contribution in [0.1, 0.15) is 13.8 Å². The highest BCUT2D eigenvalue weighted by Crippen LogP contribution is 2.34. The molecule has 0 saturated carbocycles. The van der Waals surface area contributed by atoms with E-state index in [0.717, 1.165) is 49.3 Å². The summed E-state index contributed by atoms with van der Waals surface area (Å²) in [6, 6.07) is 9.90. The summed E-state index contributed by atoms with van der Waals surface area (Å²) in [4.78, 5) is 25.8. The van der Waals surface area contributed by atoms with Gasteiger partial charge in [0.25, 0.3) is 0 Å². The van der Waals surface area contributed by atoms with E-state index in [1.807, 2.05) is 12.1 Å². The number of aliphatic carboxylic acids is 1. The summed E-state index contributed by atoms with van der Waals surface area (Å²) in [7, 11) is 0. The van der Waals surface area contributed by atoms with Crippen LogP contribution in [0, 0.1) is 0 Å². The summed E-state index contributed by atoms with van der Waals surface area (Å²) in [6.45, 7) is 6.51. The molecular weight excluding hydrogens is 412 g/mol. The first-order chi connectivity index (χ1) is 13.8. The fraction of sp³-hybridized carbons (Fsp3) is 0.350. The fourth-order valence-corrected chi connectivity index (χ4v) is 4.21. The minimum atomic E-state index is -1.00. The van der Waals surface area contributed by atoms with Gasteiger partial charge in [-0.2, -0.15) is 0 Å². The Hall–Kier alpha value is -2.29. The Morgan fingerprint density at radius 3 is 2.59 bits per heavy atom. The largest absolute Gasteiger partial charge is 0.480 e. The Labute approximate surface area is 177 Å². The molecule has 1 aromatic carbocycles. The quantitative estimate of drug-likeness (QED) is 0.587. The van der Waals surface area contributed by atoms with Crippen molar-refractivity contribution in [2.24, 2.45) is 0 Å². The van der Waals surface area contributed by atoms with E-state index in [0.29, 0.717) is 27.0 Å². The number of nitrogens with zero attached hydrogens (tertiary/aromatic N) is 3. The molecule has 0 bridgehead atoms. The number of H-pyrrole nitrogens is 1. The second-order valence-corrected chi connectivity index (χ2v) is 9.31. The Bertz CT molecular complexity index is 1050. The molecule has 2 N–H and O–H groups in total. The van der Waals surface area contributed by atoms with Crippen LogP contribution in [0.2, 0.25) is 5.02 Å². The van der Waals surface area contributed by atoms with Crippen LogP contribution in [-0.4, -0.2) is 57.1 Å². The van der Waals surface area contributed by atoms with Crippen molar-refractivity contribution in [1.29, 1.82) is 0 Å². The van der Waals surface area contributed by atoms with Gasteiger partial charge in [-0.15, -0.1) is 0 Å². The lowest BCUT2D eigenvalue weighted by atomic mass is 10.1. The van der Waals surface area contributed by atoms with Crippen molar-refractivity contribution in [3.05, 3.63) is 35.4 Å². The maximum Gasteiger partial charge on any atom is 0.319 e. The molecule has 0 aliphatic carbocycles. The van der Waals surface area contributed by atoms with Crippen molar-refractivity contribution >= 4 is 46.2 Å². The molecule has 1 fully saturated rings. The van der Waals surface area contributed by atoms with Crippen molar-refractivity contribution in [3.8, 4) is 11.3 Å². The molecule has 152 valence electrons. The molecule has 0 spiro atoms. The third-order valence-corrected chi connectivity index (χ3v) is 6.15. The van der Waals surface area contributed by atoms with Gasteiger partial charge in [-0.25, -0.2) is 9.97 Å². The number of hydrogen-bond acceptors (Lipinski definition) is 6. The van der Waals surface area contributed by atoms with Crippen molar-refractivity contribution < 1.29 is 14.6 Å². The second kappa shape index (κ2) is 7.85. The third-order valence-electron chi connectivity index (χ3n) is 4.79. The zero-order valence-corrected chi connectivity index (χ0v) is 17.7. The number of imidazole rings is 1. The smallest absolute Gasteiger partial charge is 0.319 e. The number of fused-ring (bicyclic) bond motifs is 1. The van der Waals surface area contributed by atoms with Crippen LogP contribution in [0.5, 0.6) is 0 Å². The van der Waals surface area contributed by atoms with Crippen LogP contribution in [-0.2, 0) is 9.53 Å². The van der Waals surface area contributed by atoms with Crippen LogP contribution in [0.3, 0.4) is 0 Å². The van der Waals surface area contributed by atoms with Crippen molar-refractivity contribution in [3.63, 3.8) is 0 Å². The van der Waals surface area contributed by atoms with Gasteiger partial charge < -0.3 is 19.7 Å². The first kappa shape index (κ1) is 20.0. The van der Waals surface area contributed by atoms with E-state index >= 15 is 0 Å². The SMILES string of the molecule is CC(C)(Sc1nc2nc(-c3ccc(N4CCOCC4)cc3)c(Cl)cc2[nH]1)C(=O)O. The van der Waals surface area contributed by atoms with Crippen LogP contribution in [0.15, 0.2) is 35.5 Å². The molecule has 1 aliphatic rings. The molecule has 4 rings (SSSR count). The predicted molar refractivity (Wildman–Crippen MR) is 115 cm³/mol. The third kappa shape index (κ3) is 4.19. The van der Waals surface area contributed by atoms with E-state index < -0.39 is 10.7 Å². The number of morpholine rings is 1. The lowest BCUT2D eigenvalue weighted by Gasteiger charge is -2.28. The molecule has 3 aromatic rings. The summed E-state index contributed by atoms with van der Waals surface area (Å²) in [5.41, 5.74) is 3.87. The number of benzene rings is 1. The predicted octanol–water partition coefficient (Wildman–Crippen LogP) is 4.07. The summed E-state index contributed by atoms with van der Waals surface area (Å²) in [5, 5.41) is 10.3. The minimum absolute atomic E-state index is 0.496. The van der Waals surface area contributed by atoms with Gasteiger partial charge in [-0.05, 0) is 32.0 Å². The number of pyridine rings is 1. The maximum absolute atomic E-state index is 11.4. The Kier molecular flexibility index (Phi) is 5.42. The standard InChI is InChI=1S/C20H21ClN4O3S/c1-20(2,18(26)27)29-19-22-15-11-14(21)16(23-17(15)24-19)12-3-5-13(6-4-12)25-7-9-28-10-8-25/h3-6,11H,7-10H2,1-2H3,(H,26,27)(H,22,23,24). The van der Waals surface area contributed by atoms with E-state index in [1.165, 1.54) is 0 Å². The van der Waals surface area contributed by atoms with E-state index in [4.69, 9.17) is 16.3 Å². The number of nitrogens with one attached hydrogen (secondary N) is 1. The van der Waals surface area contributed by atoms with Crippen molar-refractivity contribution in [2.45, 2.75) is 23.8 Å². The van der Waals surface area contributed by atoms with Gasteiger partial charge in [0.2, 0.25) is 0 Å². The summed E-state index contributed by atoms with van der Waals surface area (Å²) >= 11 is 7.62. The van der Waals surface area contributed by atoms with Gasteiger partial charge in [0.05, 0.1) is 29.4 Å². The molecule has 0 unspecified atom stereocenters. The number of anilines is 1. The number of ether oxygens (including phenoxy) is 1. The molecule has 0 atom stereocenters. The Morgan fingerprint density at radius 1 is 1.24 bits per heavy atom. The number of thioether (sulfide) groups is 1. The van der Waals surface area contributed by atoms with Gasteiger partial charge in [-0.1, -0.05) is 35.5 Å². The molecule has 3 heterocycles. The highest BCUT2D eigenvalue weighted by Gasteiger charge is 2.30. The highest BCUT2D eigenvalue weighted by atomic mass is 35.5. The van der Waals surface area contributed by atoms with E-state index in [-0.39, 0.29) is 0 Å². The van der Waals surface area contributed by atoms with Gasteiger partial charge in [0.1, 0.15) is 4.75 Å². The van der Waals surface area contributed by atoms with Crippen LogP contribution in [0.4, 0.5) is 5.69 Å². The lowest BCUT2D eigenvalue weighted by molar-refractivity contribution is -0.138. The van der Waals surface area contributed by atoms with Crippen LogP contribution in [0.25, 0.3) is 22.4 Å². The number of aromatic nitrogens is 3. The molecule has 0 radical (unpaired) electrons. The Balaban J connectivity index is 1.62. The molecule has 9 heteroatoms. The molecule has 2 aromatic heterocycles. The topological polar surface area (TPSA) is 91.3 Å². The average Bonchev–Trinajstić information content (AvgIpc) is 3.08. The van der Waals surface area contributed by atoms with Crippen LogP contribution < -0.4 is 4.90 Å². The first-order valence-corrected chi connectivity index (χ1v) is 10.4. The molecule has 29 heavy (non-hydrogen) atoms. The van der Waals surface area contributed by atoms with Gasteiger partial charge in [0.15, 0.2) is 10.8 Å². The normalized spacial score (nSPS) is 15.1. The second-order valence-electron chi connectivity index (χ2n) is 7.30. The molecule has 1 saturated heterocycles. The summed E-state index contributed by atoms with van der Waals surface area (Å²) in [5.74, 6) is -0.907. The van der Waals surface area contributed by atoms with Gasteiger partial charge >= 0.3 is 5.97 Å². The van der Waals surface area contributed by atoms with Crippen molar-refractivity contribution in [2.75, 3.05) is 31.2 Å². The number of rotatable bonds is 5. The average molecular weight is 433 g/mol. The van der Waals surface area contributed by atoms with Gasteiger partial charge in [-0.3, -0.25) is 4.79 Å². The highest BCUT2D eigenvalue weighted by molar-refractivity contribution is 8.01. The fourth-order valence-electron chi connectivity index (χ4n) is 3.08. The number of aromatic amines is 1. The van der Waals surface area contributed by atoms with E-state index in [9.17, 15) is 9.90 Å². The molecule has 7 nitrogen and oxygen atoms in total. The molecule has 1 aliphatic heterocycles. The number of carboxylic acid groups (broad SMARTS) is 1. The van der Waals surface area contributed by atoms with Crippen LogP contribution >= 0.6 is 23.4 Å². The summed E-state index contributed by atoms with van der Waals surface area (Å²) < 4.78 is 4.40.